The molecule has 0 spiro atoms. The number of unbranched alkanes of at least 4 members (excludes halogenated alkanes) is 1. The van der Waals surface area contributed by atoms with Crippen LogP contribution < -0.4 is 15.2 Å². The predicted octanol–water partition coefficient (Wildman–Crippen LogP) is 8.40. The van der Waals surface area contributed by atoms with Gasteiger partial charge in [0.1, 0.15) is 23.1 Å². The maximum atomic E-state index is 5.98. The highest BCUT2D eigenvalue weighted by atomic mass is 35.5. The Balaban J connectivity index is 0.00000147. The zero-order valence-corrected chi connectivity index (χ0v) is 25.7. The van der Waals surface area contributed by atoms with Gasteiger partial charge in [0.2, 0.25) is 0 Å². The second kappa shape index (κ2) is 17.5. The molecule has 0 amide bonds. The fourth-order valence-electron chi connectivity index (χ4n) is 4.35. The van der Waals surface area contributed by atoms with E-state index >= 15 is 0 Å². The van der Waals surface area contributed by atoms with Crippen LogP contribution in [0.5, 0.6) is 17.2 Å². The molecule has 0 atom stereocenters. The van der Waals surface area contributed by atoms with Crippen molar-refractivity contribution in [3.8, 4) is 34.2 Å². The molecule has 0 radical (unpaired) electrons. The van der Waals surface area contributed by atoms with E-state index in [2.05, 4.69) is 60.7 Å². The Labute approximate surface area is 251 Å². The second-order valence-corrected chi connectivity index (χ2v) is 10.2. The number of aryl methyl sites for hydroxylation is 1. The highest BCUT2D eigenvalue weighted by Gasteiger charge is 2.12. The zero-order chi connectivity index (χ0) is 29.5. The SMILES string of the molecule is CCCCc1nc(-c2ccc(OCCCN(CC)CC)cc2)cn1-c1ccc(Oc2ccc(Cl)cc2)cc1.CCN. The molecular formula is C34H45ClN4O2. The first-order valence-corrected chi connectivity index (χ1v) is 15.2. The molecule has 2 N–H and O–H groups in total. The molecule has 4 rings (SSSR count). The van der Waals surface area contributed by atoms with Gasteiger partial charge in [-0.3, -0.25) is 0 Å². The van der Waals surface area contributed by atoms with Crippen molar-refractivity contribution in [2.45, 2.75) is 53.4 Å². The smallest absolute Gasteiger partial charge is 0.127 e. The van der Waals surface area contributed by atoms with E-state index in [1.54, 1.807) is 0 Å². The lowest BCUT2D eigenvalue weighted by molar-refractivity contribution is 0.249. The largest absolute Gasteiger partial charge is 0.494 e. The Morgan fingerprint density at radius 3 is 1.98 bits per heavy atom. The minimum absolute atomic E-state index is 0.691. The van der Waals surface area contributed by atoms with E-state index in [1.807, 2.05) is 55.5 Å². The molecular weight excluding hydrogens is 532 g/mol. The molecule has 41 heavy (non-hydrogen) atoms. The van der Waals surface area contributed by atoms with Gasteiger partial charge in [0, 0.05) is 35.4 Å². The number of benzene rings is 3. The van der Waals surface area contributed by atoms with Crippen LogP contribution in [-0.4, -0.2) is 47.2 Å². The van der Waals surface area contributed by atoms with Crippen molar-refractivity contribution in [3.05, 3.63) is 89.8 Å². The first-order valence-electron chi connectivity index (χ1n) is 14.8. The summed E-state index contributed by atoms with van der Waals surface area (Å²) in [7, 11) is 0. The molecule has 0 aliphatic rings. The lowest BCUT2D eigenvalue weighted by atomic mass is 10.1. The van der Waals surface area contributed by atoms with E-state index in [0.29, 0.717) is 5.02 Å². The number of hydrogen-bond donors (Lipinski definition) is 1. The van der Waals surface area contributed by atoms with Gasteiger partial charge >= 0.3 is 0 Å². The van der Waals surface area contributed by atoms with Crippen molar-refractivity contribution in [2.75, 3.05) is 32.8 Å². The van der Waals surface area contributed by atoms with Crippen LogP contribution in [-0.2, 0) is 6.42 Å². The quantitative estimate of drug-likeness (QED) is 0.153. The monoisotopic (exact) mass is 576 g/mol. The predicted molar refractivity (Wildman–Crippen MR) is 172 cm³/mol. The molecule has 0 aliphatic heterocycles. The van der Waals surface area contributed by atoms with E-state index in [0.717, 1.165) is 98.5 Å². The van der Waals surface area contributed by atoms with E-state index in [9.17, 15) is 0 Å². The van der Waals surface area contributed by atoms with Gasteiger partial charge in [-0.15, -0.1) is 0 Å². The number of nitrogens with zero attached hydrogens (tertiary/aromatic N) is 3. The minimum atomic E-state index is 0.691. The second-order valence-electron chi connectivity index (χ2n) is 9.73. The number of rotatable bonds is 14. The summed E-state index contributed by atoms with van der Waals surface area (Å²) in [5.41, 5.74) is 7.96. The zero-order valence-electron chi connectivity index (χ0n) is 25.0. The number of halogens is 1. The van der Waals surface area contributed by atoms with Crippen molar-refractivity contribution in [1.82, 2.24) is 14.5 Å². The first kappa shape index (κ1) is 32.2. The van der Waals surface area contributed by atoms with Crippen molar-refractivity contribution < 1.29 is 9.47 Å². The average Bonchev–Trinajstić information content (AvgIpc) is 3.42. The third-order valence-corrected chi connectivity index (χ3v) is 6.88. The highest BCUT2D eigenvalue weighted by Crippen LogP contribution is 2.27. The van der Waals surface area contributed by atoms with Gasteiger partial charge in [-0.2, -0.15) is 0 Å². The normalized spacial score (nSPS) is 10.8. The van der Waals surface area contributed by atoms with Crippen LogP contribution in [0.3, 0.4) is 0 Å². The molecule has 6 nitrogen and oxygen atoms in total. The van der Waals surface area contributed by atoms with Gasteiger partial charge < -0.3 is 24.7 Å². The molecule has 0 unspecified atom stereocenters. The molecule has 4 aromatic rings. The van der Waals surface area contributed by atoms with Crippen LogP contribution in [0.4, 0.5) is 0 Å². The molecule has 0 bridgehead atoms. The summed E-state index contributed by atoms with van der Waals surface area (Å²) < 4.78 is 14.1. The number of ether oxygens (including phenoxy) is 2. The van der Waals surface area contributed by atoms with E-state index < -0.39 is 0 Å². The Morgan fingerprint density at radius 1 is 0.805 bits per heavy atom. The molecule has 0 saturated carbocycles. The van der Waals surface area contributed by atoms with Gasteiger partial charge in [-0.05, 0) is 105 Å². The Kier molecular flexibility index (Phi) is 13.7. The van der Waals surface area contributed by atoms with E-state index in [1.165, 1.54) is 0 Å². The summed E-state index contributed by atoms with van der Waals surface area (Å²) in [5, 5.41) is 0.691. The van der Waals surface area contributed by atoms with Gasteiger partial charge in [-0.25, -0.2) is 4.98 Å². The van der Waals surface area contributed by atoms with E-state index in [-0.39, 0.29) is 0 Å². The van der Waals surface area contributed by atoms with Crippen LogP contribution in [0.25, 0.3) is 16.9 Å². The Morgan fingerprint density at radius 2 is 1.39 bits per heavy atom. The topological polar surface area (TPSA) is 65.5 Å². The fraction of sp³-hybridized carbons (Fsp3) is 0.382. The molecule has 0 saturated heterocycles. The highest BCUT2D eigenvalue weighted by molar-refractivity contribution is 6.30. The van der Waals surface area contributed by atoms with Crippen LogP contribution >= 0.6 is 11.6 Å². The summed E-state index contributed by atoms with van der Waals surface area (Å²) in [6.07, 6.45) is 6.29. The van der Waals surface area contributed by atoms with E-state index in [4.69, 9.17) is 31.8 Å². The summed E-state index contributed by atoms with van der Waals surface area (Å²) >= 11 is 5.98. The van der Waals surface area contributed by atoms with Crippen molar-refractivity contribution in [2.24, 2.45) is 5.73 Å². The Hall–Kier alpha value is -3.32. The summed E-state index contributed by atoms with van der Waals surface area (Å²) in [5.74, 6) is 3.49. The van der Waals surface area contributed by atoms with Crippen LogP contribution in [0.1, 0.15) is 52.8 Å². The number of aromatic nitrogens is 2. The summed E-state index contributed by atoms with van der Waals surface area (Å²) in [4.78, 5) is 7.42. The molecule has 3 aromatic carbocycles. The molecule has 0 aliphatic carbocycles. The van der Waals surface area contributed by atoms with Gasteiger partial charge in [-0.1, -0.05) is 45.7 Å². The maximum Gasteiger partial charge on any atom is 0.127 e. The third-order valence-electron chi connectivity index (χ3n) is 6.63. The summed E-state index contributed by atoms with van der Waals surface area (Å²) in [6, 6.07) is 23.8. The summed E-state index contributed by atoms with van der Waals surface area (Å²) in [6.45, 7) is 13.2. The third kappa shape index (κ3) is 10.2. The average molecular weight is 577 g/mol. The maximum absolute atomic E-state index is 5.98. The van der Waals surface area contributed by atoms with Crippen LogP contribution in [0, 0.1) is 0 Å². The standard InChI is InChI=1S/C32H38ClN3O2.C2H7N/c1-4-7-9-32-34-31(25-10-16-28(17-11-25)37-23-8-22-35(5-2)6-3)24-36(32)27-14-20-30(21-15-27)38-29-18-12-26(33)13-19-29;1-2-3/h10-21,24H,4-9,22-23H2,1-3H3;2-3H2,1H3. The number of imidazole rings is 1. The van der Waals surface area contributed by atoms with Crippen molar-refractivity contribution in [3.63, 3.8) is 0 Å². The van der Waals surface area contributed by atoms with Gasteiger partial charge in [0.15, 0.2) is 0 Å². The van der Waals surface area contributed by atoms with Gasteiger partial charge in [0.25, 0.3) is 0 Å². The van der Waals surface area contributed by atoms with Crippen molar-refractivity contribution in [1.29, 1.82) is 0 Å². The lowest BCUT2D eigenvalue weighted by Crippen LogP contribution is -2.25. The van der Waals surface area contributed by atoms with Crippen LogP contribution in [0.15, 0.2) is 79.0 Å². The van der Waals surface area contributed by atoms with Crippen molar-refractivity contribution >= 4 is 11.6 Å². The molecule has 7 heteroatoms. The molecule has 220 valence electrons. The molecule has 1 heterocycles. The number of hydrogen-bond acceptors (Lipinski definition) is 5. The minimum Gasteiger partial charge on any atom is -0.494 e. The van der Waals surface area contributed by atoms with Gasteiger partial charge in [0.05, 0.1) is 12.3 Å². The Bertz CT molecular complexity index is 1270. The number of nitrogens with two attached hydrogens (primary N) is 1. The molecule has 0 fully saturated rings. The van der Waals surface area contributed by atoms with Crippen LogP contribution in [0.2, 0.25) is 5.02 Å². The molecule has 1 aromatic heterocycles. The lowest BCUT2D eigenvalue weighted by Gasteiger charge is -2.17. The fourth-order valence-corrected chi connectivity index (χ4v) is 4.47. The first-order chi connectivity index (χ1) is 20.0.